The first kappa shape index (κ1) is 23.5. The lowest BCUT2D eigenvalue weighted by Crippen LogP contribution is -2.43. The summed E-state index contributed by atoms with van der Waals surface area (Å²) in [4.78, 5) is 28.4. The molecule has 0 aliphatic carbocycles. The Balaban J connectivity index is 1.45. The summed E-state index contributed by atoms with van der Waals surface area (Å²) in [5.74, 6) is -0.964. The zero-order valence-electron chi connectivity index (χ0n) is 19.6. The van der Waals surface area contributed by atoms with Crippen LogP contribution in [0.5, 0.6) is 0 Å². The number of rotatable bonds is 8. The van der Waals surface area contributed by atoms with Crippen molar-refractivity contribution in [1.29, 1.82) is 0 Å². The van der Waals surface area contributed by atoms with Crippen LogP contribution in [-0.2, 0) is 4.79 Å². The minimum atomic E-state index is -0.679. The predicted molar refractivity (Wildman–Crippen MR) is 131 cm³/mol. The SMILES string of the molecule is CCCC(NC(=O)c1cnn(-c2ccc(F)cc2)c1C)C(=O)Nc1cccc(N2CCCC2)c1. The molecule has 1 aliphatic rings. The Bertz CT molecular complexity index is 1150. The van der Waals surface area contributed by atoms with Gasteiger partial charge in [-0.3, -0.25) is 9.59 Å². The largest absolute Gasteiger partial charge is 0.371 e. The summed E-state index contributed by atoms with van der Waals surface area (Å²) in [6, 6.07) is 13.0. The van der Waals surface area contributed by atoms with Crippen LogP contribution >= 0.6 is 0 Å². The van der Waals surface area contributed by atoms with E-state index in [1.807, 2.05) is 31.2 Å². The van der Waals surface area contributed by atoms with Crippen molar-refractivity contribution in [3.05, 3.63) is 71.8 Å². The van der Waals surface area contributed by atoms with Crippen molar-refractivity contribution in [2.24, 2.45) is 0 Å². The number of hydrogen-bond donors (Lipinski definition) is 2. The zero-order chi connectivity index (χ0) is 24.1. The van der Waals surface area contributed by atoms with Gasteiger partial charge in [0.25, 0.3) is 5.91 Å². The van der Waals surface area contributed by atoms with Gasteiger partial charge < -0.3 is 15.5 Å². The Hall–Kier alpha value is -3.68. The van der Waals surface area contributed by atoms with Crippen molar-refractivity contribution >= 4 is 23.2 Å². The van der Waals surface area contributed by atoms with Crippen molar-refractivity contribution in [2.75, 3.05) is 23.3 Å². The fourth-order valence-electron chi connectivity index (χ4n) is 4.25. The molecule has 1 fully saturated rings. The summed E-state index contributed by atoms with van der Waals surface area (Å²) in [5.41, 5.74) is 3.44. The van der Waals surface area contributed by atoms with E-state index in [0.29, 0.717) is 29.1 Å². The van der Waals surface area contributed by atoms with Crippen LogP contribution in [0.1, 0.15) is 48.7 Å². The number of anilines is 2. The highest BCUT2D eigenvalue weighted by Crippen LogP contribution is 2.23. The number of aromatic nitrogens is 2. The van der Waals surface area contributed by atoms with Crippen molar-refractivity contribution in [1.82, 2.24) is 15.1 Å². The summed E-state index contributed by atoms with van der Waals surface area (Å²) in [6.07, 6.45) is 5.07. The third-order valence-corrected chi connectivity index (χ3v) is 6.11. The maximum absolute atomic E-state index is 13.3. The Morgan fingerprint density at radius 1 is 1.09 bits per heavy atom. The van der Waals surface area contributed by atoms with Crippen molar-refractivity contribution in [2.45, 2.75) is 45.6 Å². The molecule has 1 atom stereocenters. The second-order valence-electron chi connectivity index (χ2n) is 8.58. The molecule has 0 spiro atoms. The molecule has 2 N–H and O–H groups in total. The predicted octanol–water partition coefficient (Wildman–Crippen LogP) is 4.46. The zero-order valence-corrected chi connectivity index (χ0v) is 19.6. The summed E-state index contributed by atoms with van der Waals surface area (Å²) in [7, 11) is 0. The molecular weight excluding hydrogens is 433 g/mol. The number of carbonyl (C=O) groups is 2. The van der Waals surface area contributed by atoms with E-state index in [0.717, 1.165) is 25.2 Å². The molecular formula is C26H30FN5O2. The summed E-state index contributed by atoms with van der Waals surface area (Å²) < 4.78 is 14.8. The normalized spacial score (nSPS) is 14.1. The van der Waals surface area contributed by atoms with E-state index in [9.17, 15) is 14.0 Å². The van der Waals surface area contributed by atoms with Crippen LogP contribution in [0.4, 0.5) is 15.8 Å². The van der Waals surface area contributed by atoms with Crippen LogP contribution in [0, 0.1) is 12.7 Å². The van der Waals surface area contributed by atoms with Crippen molar-refractivity contribution in [3.8, 4) is 5.69 Å². The third-order valence-electron chi connectivity index (χ3n) is 6.11. The first-order valence-electron chi connectivity index (χ1n) is 11.7. The molecule has 8 heteroatoms. The minimum Gasteiger partial charge on any atom is -0.371 e. The highest BCUT2D eigenvalue weighted by atomic mass is 19.1. The van der Waals surface area contributed by atoms with E-state index in [1.54, 1.807) is 23.7 Å². The molecule has 4 rings (SSSR count). The molecule has 0 bridgehead atoms. The molecule has 1 saturated heterocycles. The van der Waals surface area contributed by atoms with Gasteiger partial charge in [-0.25, -0.2) is 9.07 Å². The molecule has 2 aromatic carbocycles. The van der Waals surface area contributed by atoms with E-state index in [4.69, 9.17) is 0 Å². The maximum atomic E-state index is 13.3. The maximum Gasteiger partial charge on any atom is 0.255 e. The fraction of sp³-hybridized carbons (Fsp3) is 0.346. The molecule has 3 aromatic rings. The van der Waals surface area contributed by atoms with Gasteiger partial charge in [-0.15, -0.1) is 0 Å². The first-order chi connectivity index (χ1) is 16.5. The van der Waals surface area contributed by atoms with E-state index in [-0.39, 0.29) is 17.6 Å². The van der Waals surface area contributed by atoms with Crippen LogP contribution in [0.25, 0.3) is 5.69 Å². The molecule has 2 amide bonds. The van der Waals surface area contributed by atoms with E-state index in [1.165, 1.54) is 31.2 Å². The highest BCUT2D eigenvalue weighted by molar-refractivity contribution is 6.01. The lowest BCUT2D eigenvalue weighted by Gasteiger charge is -2.20. The van der Waals surface area contributed by atoms with Crippen LogP contribution < -0.4 is 15.5 Å². The van der Waals surface area contributed by atoms with Gasteiger partial charge in [0.05, 0.1) is 23.1 Å². The van der Waals surface area contributed by atoms with Crippen molar-refractivity contribution < 1.29 is 14.0 Å². The molecule has 34 heavy (non-hydrogen) atoms. The van der Waals surface area contributed by atoms with Crippen LogP contribution in [0.15, 0.2) is 54.7 Å². The van der Waals surface area contributed by atoms with E-state index in [2.05, 4.69) is 20.6 Å². The number of amides is 2. The third kappa shape index (κ3) is 5.27. The highest BCUT2D eigenvalue weighted by Gasteiger charge is 2.24. The molecule has 1 aliphatic heterocycles. The Labute approximate surface area is 199 Å². The second kappa shape index (κ2) is 10.5. The number of halogens is 1. The first-order valence-corrected chi connectivity index (χ1v) is 11.7. The van der Waals surface area contributed by atoms with Gasteiger partial charge in [0.2, 0.25) is 5.91 Å². The van der Waals surface area contributed by atoms with Gasteiger partial charge >= 0.3 is 0 Å². The van der Waals surface area contributed by atoms with Crippen LogP contribution in [-0.4, -0.2) is 40.7 Å². The Morgan fingerprint density at radius 3 is 2.53 bits per heavy atom. The molecule has 178 valence electrons. The van der Waals surface area contributed by atoms with E-state index >= 15 is 0 Å². The van der Waals surface area contributed by atoms with Gasteiger partial charge in [0.15, 0.2) is 0 Å². The van der Waals surface area contributed by atoms with Gasteiger partial charge in [-0.1, -0.05) is 19.4 Å². The smallest absolute Gasteiger partial charge is 0.255 e. The van der Waals surface area contributed by atoms with Gasteiger partial charge in [-0.2, -0.15) is 5.10 Å². The number of nitrogens with zero attached hydrogens (tertiary/aromatic N) is 3. The Kier molecular flexibility index (Phi) is 7.25. The lowest BCUT2D eigenvalue weighted by atomic mass is 10.1. The summed E-state index contributed by atoms with van der Waals surface area (Å²) in [5, 5.41) is 10.1. The molecule has 1 aromatic heterocycles. The van der Waals surface area contributed by atoms with Crippen molar-refractivity contribution in [3.63, 3.8) is 0 Å². The fourth-order valence-corrected chi connectivity index (χ4v) is 4.25. The number of hydrogen-bond acceptors (Lipinski definition) is 4. The van der Waals surface area contributed by atoms with E-state index < -0.39 is 6.04 Å². The standard InChI is InChI=1S/C26H30FN5O2/c1-3-7-24(26(34)29-20-8-6-9-22(16-20)31-14-4-5-15-31)30-25(33)23-17-28-32(18(23)2)21-12-10-19(27)11-13-21/h6,8-13,16-17,24H,3-5,7,14-15H2,1-2H3,(H,29,34)(H,30,33). The van der Waals surface area contributed by atoms with Gasteiger partial charge in [0, 0.05) is 24.5 Å². The molecule has 1 unspecified atom stereocenters. The average Bonchev–Trinajstić information content (AvgIpc) is 3.50. The lowest BCUT2D eigenvalue weighted by molar-refractivity contribution is -0.118. The van der Waals surface area contributed by atoms with Crippen LogP contribution in [0.3, 0.4) is 0 Å². The number of nitrogens with one attached hydrogen (secondary N) is 2. The van der Waals surface area contributed by atoms with Gasteiger partial charge in [-0.05, 0) is 68.7 Å². The molecule has 7 nitrogen and oxygen atoms in total. The number of benzene rings is 2. The van der Waals surface area contributed by atoms with Crippen LogP contribution in [0.2, 0.25) is 0 Å². The molecule has 0 radical (unpaired) electrons. The quantitative estimate of drug-likeness (QED) is 0.517. The second-order valence-corrected chi connectivity index (χ2v) is 8.58. The summed E-state index contributed by atoms with van der Waals surface area (Å²) >= 11 is 0. The number of carbonyl (C=O) groups excluding carboxylic acids is 2. The topological polar surface area (TPSA) is 79.3 Å². The Morgan fingerprint density at radius 2 is 1.82 bits per heavy atom. The molecule has 2 heterocycles. The minimum absolute atomic E-state index is 0.252. The van der Waals surface area contributed by atoms with Gasteiger partial charge in [0.1, 0.15) is 11.9 Å². The monoisotopic (exact) mass is 463 g/mol. The summed E-state index contributed by atoms with van der Waals surface area (Å²) in [6.45, 7) is 5.79. The molecule has 0 saturated carbocycles. The average molecular weight is 464 g/mol.